The maximum Gasteiger partial charge on any atom is 0.263 e. The van der Waals surface area contributed by atoms with Crippen LogP contribution in [0.25, 0.3) is 0 Å². The number of hydrogen-bond acceptors (Lipinski definition) is 7. The SMILES string of the molecule is Cc1noc(C)c1CNC(=O)c1sccc1S(=O)(=O)N1CCOCC1. The summed E-state index contributed by atoms with van der Waals surface area (Å²) in [7, 11) is -3.71. The molecule has 0 aromatic carbocycles. The van der Waals surface area contributed by atoms with Gasteiger partial charge in [-0.1, -0.05) is 5.16 Å². The molecule has 1 fully saturated rings. The number of nitrogens with one attached hydrogen (secondary N) is 1. The van der Waals surface area contributed by atoms with Crippen molar-refractivity contribution in [3.05, 3.63) is 33.3 Å². The van der Waals surface area contributed by atoms with Gasteiger partial charge in [0.25, 0.3) is 5.91 Å². The van der Waals surface area contributed by atoms with E-state index in [0.717, 1.165) is 16.9 Å². The van der Waals surface area contributed by atoms with Crippen molar-refractivity contribution in [3.8, 4) is 0 Å². The molecule has 1 amide bonds. The summed E-state index contributed by atoms with van der Waals surface area (Å²) < 4.78 is 37.2. The van der Waals surface area contributed by atoms with Crippen molar-refractivity contribution in [2.75, 3.05) is 26.3 Å². The number of hydrogen-bond donors (Lipinski definition) is 1. The van der Waals surface area contributed by atoms with Crippen molar-refractivity contribution < 1.29 is 22.5 Å². The number of carbonyl (C=O) groups is 1. The Kier molecular flexibility index (Phi) is 5.23. The van der Waals surface area contributed by atoms with Gasteiger partial charge < -0.3 is 14.6 Å². The number of ether oxygens (including phenoxy) is 1. The number of aryl methyl sites for hydroxylation is 2. The zero-order valence-electron chi connectivity index (χ0n) is 13.9. The molecule has 0 bridgehead atoms. The number of sulfonamides is 1. The Hall–Kier alpha value is -1.75. The fraction of sp³-hybridized carbons (Fsp3) is 0.467. The Morgan fingerprint density at radius 1 is 1.36 bits per heavy atom. The first-order valence-corrected chi connectivity index (χ1v) is 10.1. The summed E-state index contributed by atoms with van der Waals surface area (Å²) in [6, 6.07) is 1.47. The van der Waals surface area contributed by atoms with Gasteiger partial charge in [0, 0.05) is 25.2 Å². The summed E-state index contributed by atoms with van der Waals surface area (Å²) in [4.78, 5) is 12.7. The van der Waals surface area contributed by atoms with Crippen LogP contribution in [0.5, 0.6) is 0 Å². The zero-order chi connectivity index (χ0) is 18.0. The molecule has 2 aromatic heterocycles. The molecular weight excluding hydrogens is 366 g/mol. The average molecular weight is 385 g/mol. The molecule has 25 heavy (non-hydrogen) atoms. The van der Waals surface area contributed by atoms with Crippen LogP contribution in [0.2, 0.25) is 0 Å². The topological polar surface area (TPSA) is 102 Å². The molecule has 0 atom stereocenters. The fourth-order valence-electron chi connectivity index (χ4n) is 2.60. The number of aromatic nitrogens is 1. The molecule has 3 heterocycles. The van der Waals surface area contributed by atoms with E-state index < -0.39 is 15.9 Å². The maximum absolute atomic E-state index is 12.8. The van der Waals surface area contributed by atoms with Gasteiger partial charge in [0.15, 0.2) is 0 Å². The highest BCUT2D eigenvalue weighted by atomic mass is 32.2. The van der Waals surface area contributed by atoms with Gasteiger partial charge in [-0.05, 0) is 25.3 Å². The molecule has 10 heteroatoms. The van der Waals surface area contributed by atoms with Crippen LogP contribution >= 0.6 is 11.3 Å². The number of carbonyl (C=O) groups excluding carboxylic acids is 1. The molecule has 0 saturated carbocycles. The van der Waals surface area contributed by atoms with Gasteiger partial charge in [-0.25, -0.2) is 8.42 Å². The van der Waals surface area contributed by atoms with Crippen LogP contribution in [0.3, 0.4) is 0 Å². The standard InChI is InChI=1S/C15H19N3O5S2/c1-10-12(11(2)23-17-10)9-16-15(19)14-13(3-8-24-14)25(20,21)18-4-6-22-7-5-18/h3,8H,4-7,9H2,1-2H3,(H,16,19). The van der Waals surface area contributed by atoms with Crippen molar-refractivity contribution in [1.29, 1.82) is 0 Å². The van der Waals surface area contributed by atoms with E-state index in [1.165, 1.54) is 10.4 Å². The molecule has 0 aliphatic carbocycles. The first kappa shape index (κ1) is 18.1. The minimum atomic E-state index is -3.71. The largest absolute Gasteiger partial charge is 0.379 e. The summed E-state index contributed by atoms with van der Waals surface area (Å²) in [6.07, 6.45) is 0. The third kappa shape index (κ3) is 3.61. The molecule has 3 rings (SSSR count). The molecule has 0 spiro atoms. The van der Waals surface area contributed by atoms with Crippen LogP contribution in [0.1, 0.15) is 26.7 Å². The van der Waals surface area contributed by atoms with Gasteiger partial charge in [0.05, 0.1) is 18.9 Å². The molecule has 1 aliphatic heterocycles. The highest BCUT2D eigenvalue weighted by molar-refractivity contribution is 7.89. The fourth-order valence-corrected chi connectivity index (χ4v) is 5.32. The number of thiophene rings is 1. The average Bonchev–Trinajstić information content (AvgIpc) is 3.22. The van der Waals surface area contributed by atoms with Crippen molar-refractivity contribution in [2.45, 2.75) is 25.3 Å². The van der Waals surface area contributed by atoms with E-state index in [1.54, 1.807) is 19.2 Å². The van der Waals surface area contributed by atoms with Gasteiger partial charge in [-0.3, -0.25) is 4.79 Å². The van der Waals surface area contributed by atoms with E-state index in [2.05, 4.69) is 10.5 Å². The summed E-state index contributed by atoms with van der Waals surface area (Å²) in [5.41, 5.74) is 1.49. The molecule has 1 aliphatic rings. The van der Waals surface area contributed by atoms with Gasteiger partial charge in [0.1, 0.15) is 15.5 Å². The highest BCUT2D eigenvalue weighted by Gasteiger charge is 2.31. The predicted molar refractivity (Wildman–Crippen MR) is 91.0 cm³/mol. The first-order valence-electron chi connectivity index (χ1n) is 7.76. The molecule has 136 valence electrons. The van der Waals surface area contributed by atoms with E-state index >= 15 is 0 Å². The molecule has 0 unspecified atom stereocenters. The Labute approximate surface area is 149 Å². The van der Waals surface area contributed by atoms with Crippen LogP contribution in [-0.4, -0.2) is 50.1 Å². The lowest BCUT2D eigenvalue weighted by atomic mass is 10.2. The van der Waals surface area contributed by atoms with E-state index in [9.17, 15) is 13.2 Å². The van der Waals surface area contributed by atoms with Crippen LogP contribution in [0.4, 0.5) is 0 Å². The second-order valence-electron chi connectivity index (χ2n) is 5.62. The Morgan fingerprint density at radius 2 is 2.08 bits per heavy atom. The smallest absolute Gasteiger partial charge is 0.263 e. The maximum atomic E-state index is 12.8. The van der Waals surface area contributed by atoms with Crippen molar-refractivity contribution in [2.24, 2.45) is 0 Å². The molecule has 1 N–H and O–H groups in total. The monoisotopic (exact) mass is 385 g/mol. The molecule has 0 radical (unpaired) electrons. The molecule has 8 nitrogen and oxygen atoms in total. The zero-order valence-corrected chi connectivity index (χ0v) is 15.6. The Balaban J connectivity index is 1.77. The minimum Gasteiger partial charge on any atom is -0.379 e. The summed E-state index contributed by atoms with van der Waals surface area (Å²) in [6.45, 7) is 5.08. The van der Waals surface area contributed by atoms with Crippen molar-refractivity contribution in [1.82, 2.24) is 14.8 Å². The lowest BCUT2D eigenvalue weighted by Crippen LogP contribution is -2.41. The predicted octanol–water partition coefficient (Wildman–Crippen LogP) is 1.30. The Morgan fingerprint density at radius 3 is 2.72 bits per heavy atom. The third-order valence-corrected chi connectivity index (χ3v) is 7.01. The number of rotatable bonds is 5. The quantitative estimate of drug-likeness (QED) is 0.832. The van der Waals surface area contributed by atoms with Gasteiger partial charge in [0.2, 0.25) is 10.0 Å². The Bertz CT molecular complexity index is 846. The first-order chi connectivity index (χ1) is 11.9. The molecule has 2 aromatic rings. The summed E-state index contributed by atoms with van der Waals surface area (Å²) in [5, 5.41) is 8.19. The number of morpholine rings is 1. The molecular formula is C15H19N3O5S2. The van der Waals surface area contributed by atoms with Gasteiger partial charge >= 0.3 is 0 Å². The number of nitrogens with zero attached hydrogens (tertiary/aromatic N) is 2. The summed E-state index contributed by atoms with van der Waals surface area (Å²) >= 11 is 1.11. The van der Waals surface area contributed by atoms with Crippen LogP contribution in [0.15, 0.2) is 20.9 Å². The van der Waals surface area contributed by atoms with Gasteiger partial charge in [-0.2, -0.15) is 4.31 Å². The minimum absolute atomic E-state index is 0.0377. The number of amides is 1. The van der Waals surface area contributed by atoms with E-state index in [-0.39, 0.29) is 29.4 Å². The second kappa shape index (κ2) is 7.24. The van der Waals surface area contributed by atoms with E-state index in [4.69, 9.17) is 9.26 Å². The normalized spacial score (nSPS) is 16.1. The lowest BCUT2D eigenvalue weighted by Gasteiger charge is -2.26. The van der Waals surface area contributed by atoms with Crippen LogP contribution in [-0.2, 0) is 21.3 Å². The third-order valence-electron chi connectivity index (χ3n) is 4.03. The van der Waals surface area contributed by atoms with Gasteiger partial charge in [-0.15, -0.1) is 11.3 Å². The molecule has 1 saturated heterocycles. The van der Waals surface area contributed by atoms with E-state index in [1.807, 2.05) is 0 Å². The van der Waals surface area contributed by atoms with Crippen molar-refractivity contribution >= 4 is 27.3 Å². The lowest BCUT2D eigenvalue weighted by molar-refractivity contribution is 0.0730. The summed E-state index contributed by atoms with van der Waals surface area (Å²) in [5.74, 6) is 0.201. The highest BCUT2D eigenvalue weighted by Crippen LogP contribution is 2.26. The second-order valence-corrected chi connectivity index (χ2v) is 8.44. The van der Waals surface area contributed by atoms with Crippen LogP contribution < -0.4 is 5.32 Å². The van der Waals surface area contributed by atoms with E-state index in [0.29, 0.717) is 24.7 Å². The van der Waals surface area contributed by atoms with Crippen LogP contribution in [0, 0.1) is 13.8 Å². The van der Waals surface area contributed by atoms with Crippen molar-refractivity contribution in [3.63, 3.8) is 0 Å².